The van der Waals surface area contributed by atoms with Crippen molar-refractivity contribution in [3.05, 3.63) is 46.9 Å². The van der Waals surface area contributed by atoms with Crippen molar-refractivity contribution in [3.8, 4) is 11.1 Å². The average molecular weight is 259 g/mol. The highest BCUT2D eigenvalue weighted by molar-refractivity contribution is 6.30. The molecule has 6 heteroatoms. The Morgan fingerprint density at radius 3 is 2.47 bits per heavy atom. The van der Waals surface area contributed by atoms with Gasteiger partial charge in [0.2, 0.25) is 0 Å². The topological polar surface area (TPSA) is 38.9 Å². The maximum atomic E-state index is 13.5. The summed E-state index contributed by atoms with van der Waals surface area (Å²) in [4.78, 5) is 3.71. The normalized spacial score (nSPS) is 10.6. The number of benzene rings is 1. The third kappa shape index (κ3) is 2.06. The van der Waals surface area contributed by atoms with Gasteiger partial charge in [0, 0.05) is 17.3 Å². The van der Waals surface area contributed by atoms with E-state index in [1.165, 1.54) is 12.3 Å². The van der Waals surface area contributed by atoms with Gasteiger partial charge < -0.3 is 5.73 Å². The molecule has 1 heterocycles. The number of hydrogen-bond donors (Lipinski definition) is 1. The fourth-order valence-electron chi connectivity index (χ4n) is 1.40. The van der Waals surface area contributed by atoms with E-state index in [0.717, 1.165) is 12.1 Å². The molecule has 0 aliphatic carbocycles. The Morgan fingerprint density at radius 1 is 1.06 bits per heavy atom. The zero-order chi connectivity index (χ0) is 12.6. The predicted molar refractivity (Wildman–Crippen MR) is 59.0 cm³/mol. The van der Waals surface area contributed by atoms with Crippen molar-refractivity contribution in [2.75, 3.05) is 5.73 Å². The number of pyridine rings is 1. The van der Waals surface area contributed by atoms with Crippen LogP contribution in [0, 0.1) is 17.5 Å². The van der Waals surface area contributed by atoms with Crippen molar-refractivity contribution in [2.24, 2.45) is 0 Å². The SMILES string of the molecule is Nc1ncc(Cl)cc1-c1ccc(F)c(F)c1F. The van der Waals surface area contributed by atoms with Crippen molar-refractivity contribution in [1.29, 1.82) is 0 Å². The molecule has 0 spiro atoms. The first-order valence-electron chi connectivity index (χ1n) is 4.55. The van der Waals surface area contributed by atoms with Gasteiger partial charge in [-0.05, 0) is 18.2 Å². The number of nitrogens with zero attached hydrogens (tertiary/aromatic N) is 1. The molecule has 0 fully saturated rings. The summed E-state index contributed by atoms with van der Waals surface area (Å²) < 4.78 is 39.4. The molecule has 0 radical (unpaired) electrons. The molecule has 1 aromatic carbocycles. The summed E-state index contributed by atoms with van der Waals surface area (Å²) in [6.07, 6.45) is 1.28. The van der Waals surface area contributed by atoms with Crippen LogP contribution in [0.2, 0.25) is 5.02 Å². The molecule has 0 atom stereocenters. The predicted octanol–water partition coefficient (Wildman–Crippen LogP) is 3.40. The number of nitrogens with two attached hydrogens (primary N) is 1. The molecular formula is C11H6ClF3N2. The van der Waals surface area contributed by atoms with E-state index in [9.17, 15) is 13.2 Å². The summed E-state index contributed by atoms with van der Waals surface area (Å²) in [5.74, 6) is -4.15. The van der Waals surface area contributed by atoms with Crippen LogP contribution in [0.3, 0.4) is 0 Å². The summed E-state index contributed by atoms with van der Waals surface area (Å²) in [5, 5.41) is 0.221. The summed E-state index contributed by atoms with van der Waals surface area (Å²) in [7, 11) is 0. The van der Waals surface area contributed by atoms with Gasteiger partial charge in [-0.25, -0.2) is 18.2 Å². The number of anilines is 1. The Hall–Kier alpha value is -1.75. The second-order valence-electron chi connectivity index (χ2n) is 3.31. The minimum Gasteiger partial charge on any atom is -0.383 e. The molecule has 0 saturated carbocycles. The van der Waals surface area contributed by atoms with Crippen LogP contribution in [0.25, 0.3) is 11.1 Å². The lowest BCUT2D eigenvalue weighted by Gasteiger charge is -2.07. The molecule has 2 aromatic rings. The molecule has 0 aliphatic rings. The third-order valence-electron chi connectivity index (χ3n) is 2.21. The van der Waals surface area contributed by atoms with E-state index < -0.39 is 17.5 Å². The molecule has 0 amide bonds. The van der Waals surface area contributed by atoms with E-state index in [1.807, 2.05) is 0 Å². The Labute approximate surface area is 99.8 Å². The summed E-state index contributed by atoms with van der Waals surface area (Å²) in [5.41, 5.74) is 5.46. The Balaban J connectivity index is 2.69. The van der Waals surface area contributed by atoms with Crippen molar-refractivity contribution in [2.45, 2.75) is 0 Å². The highest BCUT2D eigenvalue weighted by Crippen LogP contribution is 2.30. The van der Waals surface area contributed by atoms with Crippen LogP contribution < -0.4 is 5.73 Å². The van der Waals surface area contributed by atoms with Gasteiger partial charge in [0.1, 0.15) is 5.82 Å². The zero-order valence-corrected chi connectivity index (χ0v) is 9.10. The van der Waals surface area contributed by atoms with Crippen LogP contribution in [-0.2, 0) is 0 Å². The Kier molecular flexibility index (Phi) is 2.93. The van der Waals surface area contributed by atoms with E-state index in [0.29, 0.717) is 0 Å². The zero-order valence-electron chi connectivity index (χ0n) is 8.35. The maximum Gasteiger partial charge on any atom is 0.195 e. The van der Waals surface area contributed by atoms with Crippen LogP contribution in [0.1, 0.15) is 0 Å². The van der Waals surface area contributed by atoms with Gasteiger partial charge in [0.25, 0.3) is 0 Å². The van der Waals surface area contributed by atoms with Crippen LogP contribution in [0.5, 0.6) is 0 Å². The van der Waals surface area contributed by atoms with Crippen molar-refractivity contribution in [1.82, 2.24) is 4.98 Å². The Morgan fingerprint density at radius 2 is 1.76 bits per heavy atom. The van der Waals surface area contributed by atoms with Crippen LogP contribution in [0.4, 0.5) is 19.0 Å². The van der Waals surface area contributed by atoms with Crippen LogP contribution in [-0.4, -0.2) is 4.98 Å². The van der Waals surface area contributed by atoms with E-state index in [-0.39, 0.29) is 22.0 Å². The summed E-state index contributed by atoms with van der Waals surface area (Å²) in [6, 6.07) is 3.23. The minimum atomic E-state index is -1.55. The molecule has 2 nitrogen and oxygen atoms in total. The lowest BCUT2D eigenvalue weighted by atomic mass is 10.1. The molecule has 88 valence electrons. The molecule has 2 N–H and O–H groups in total. The minimum absolute atomic E-state index is 0.0145. The van der Waals surface area contributed by atoms with Gasteiger partial charge in [-0.15, -0.1) is 0 Å². The van der Waals surface area contributed by atoms with Gasteiger partial charge in [-0.2, -0.15) is 0 Å². The second-order valence-corrected chi connectivity index (χ2v) is 3.75. The standard InChI is InChI=1S/C11H6ClF3N2/c12-5-3-7(11(16)17-4-5)6-1-2-8(13)10(15)9(6)14/h1-4H,(H2,16,17). The smallest absolute Gasteiger partial charge is 0.195 e. The molecule has 0 unspecified atom stereocenters. The quantitative estimate of drug-likeness (QED) is 0.796. The van der Waals surface area contributed by atoms with Gasteiger partial charge in [0.05, 0.1) is 5.02 Å². The molecule has 2 rings (SSSR count). The van der Waals surface area contributed by atoms with Crippen LogP contribution in [0.15, 0.2) is 24.4 Å². The van der Waals surface area contributed by atoms with Crippen molar-refractivity contribution >= 4 is 17.4 Å². The first kappa shape index (κ1) is 11.7. The molecule has 0 bridgehead atoms. The van der Waals surface area contributed by atoms with E-state index in [1.54, 1.807) is 0 Å². The molecule has 1 aromatic heterocycles. The van der Waals surface area contributed by atoms with Gasteiger partial charge in [-0.1, -0.05) is 11.6 Å². The fraction of sp³-hybridized carbons (Fsp3) is 0. The third-order valence-corrected chi connectivity index (χ3v) is 2.42. The highest BCUT2D eigenvalue weighted by atomic mass is 35.5. The van der Waals surface area contributed by atoms with Crippen molar-refractivity contribution < 1.29 is 13.2 Å². The number of halogens is 4. The maximum absolute atomic E-state index is 13.5. The van der Waals surface area contributed by atoms with Gasteiger partial charge in [-0.3, -0.25) is 0 Å². The first-order chi connectivity index (χ1) is 8.00. The van der Waals surface area contributed by atoms with Crippen molar-refractivity contribution in [3.63, 3.8) is 0 Å². The van der Waals surface area contributed by atoms with Gasteiger partial charge in [0.15, 0.2) is 17.5 Å². The molecule has 17 heavy (non-hydrogen) atoms. The summed E-state index contributed by atoms with van der Waals surface area (Å²) >= 11 is 5.68. The van der Waals surface area contributed by atoms with E-state index in [4.69, 9.17) is 17.3 Å². The Bertz CT molecular complexity index is 587. The number of nitrogen functional groups attached to an aromatic ring is 1. The lowest BCUT2D eigenvalue weighted by molar-refractivity contribution is 0.449. The monoisotopic (exact) mass is 258 g/mol. The molecule has 0 aliphatic heterocycles. The molecule has 0 saturated heterocycles. The number of rotatable bonds is 1. The summed E-state index contributed by atoms with van der Waals surface area (Å²) in [6.45, 7) is 0. The van der Waals surface area contributed by atoms with E-state index in [2.05, 4.69) is 4.98 Å². The lowest BCUT2D eigenvalue weighted by Crippen LogP contribution is -1.98. The molecular weight excluding hydrogens is 253 g/mol. The first-order valence-corrected chi connectivity index (χ1v) is 4.93. The second kappa shape index (κ2) is 4.25. The number of aromatic nitrogens is 1. The highest BCUT2D eigenvalue weighted by Gasteiger charge is 2.16. The van der Waals surface area contributed by atoms with Crippen LogP contribution >= 0.6 is 11.6 Å². The fourth-order valence-corrected chi connectivity index (χ4v) is 1.56. The van der Waals surface area contributed by atoms with E-state index >= 15 is 0 Å². The van der Waals surface area contributed by atoms with Gasteiger partial charge >= 0.3 is 0 Å². The average Bonchev–Trinajstić information content (AvgIpc) is 2.30. The largest absolute Gasteiger partial charge is 0.383 e. The number of hydrogen-bond acceptors (Lipinski definition) is 2.